The fourth-order valence-corrected chi connectivity index (χ4v) is 6.59. The van der Waals surface area contributed by atoms with Crippen LogP contribution < -0.4 is 20.1 Å². The normalized spacial score (nSPS) is 21.0. The van der Waals surface area contributed by atoms with Crippen molar-refractivity contribution in [2.45, 2.75) is 75.2 Å². The Morgan fingerprint density at radius 1 is 1.18 bits per heavy atom. The van der Waals surface area contributed by atoms with E-state index >= 15 is 0 Å². The summed E-state index contributed by atoms with van der Waals surface area (Å²) in [6.45, 7) is 5.08. The van der Waals surface area contributed by atoms with Crippen molar-refractivity contribution >= 4 is 33.3 Å². The van der Waals surface area contributed by atoms with E-state index in [2.05, 4.69) is 39.5 Å². The maximum atomic E-state index is 13.0. The maximum absolute atomic E-state index is 13.0. The summed E-state index contributed by atoms with van der Waals surface area (Å²) in [4.78, 5) is 21.1. The van der Waals surface area contributed by atoms with Gasteiger partial charge in [0.25, 0.3) is 15.9 Å². The smallest absolute Gasteiger partial charge is 0.392 e. The summed E-state index contributed by atoms with van der Waals surface area (Å²) in [5, 5.41) is 10.3. The number of rotatable bonds is 13. The van der Waals surface area contributed by atoms with Crippen molar-refractivity contribution in [2.75, 3.05) is 18.5 Å². The number of amides is 1. The van der Waals surface area contributed by atoms with E-state index in [1.807, 2.05) is 4.72 Å². The average Bonchev–Trinajstić information content (AvgIpc) is 3.47. The first-order chi connectivity index (χ1) is 21.2. The Labute approximate surface area is 264 Å². The summed E-state index contributed by atoms with van der Waals surface area (Å²) in [7, 11) is -4.33. The van der Waals surface area contributed by atoms with Gasteiger partial charge in [0.15, 0.2) is 10.8 Å². The van der Waals surface area contributed by atoms with Crippen LogP contribution in [0.25, 0.3) is 5.82 Å². The van der Waals surface area contributed by atoms with E-state index in [0.29, 0.717) is 18.4 Å². The van der Waals surface area contributed by atoms with E-state index in [9.17, 15) is 26.4 Å². The van der Waals surface area contributed by atoms with Gasteiger partial charge in [0.1, 0.15) is 11.0 Å². The third kappa shape index (κ3) is 8.64. The van der Waals surface area contributed by atoms with Gasteiger partial charge in [-0.15, -0.1) is 5.10 Å². The van der Waals surface area contributed by atoms with Crippen molar-refractivity contribution in [1.29, 1.82) is 0 Å². The van der Waals surface area contributed by atoms with E-state index < -0.39 is 33.9 Å². The Hall–Kier alpha value is -3.43. The predicted molar refractivity (Wildman–Crippen MR) is 161 cm³/mol. The summed E-state index contributed by atoms with van der Waals surface area (Å²) >= 11 is 6.23. The van der Waals surface area contributed by atoms with E-state index in [1.165, 1.54) is 41.2 Å². The van der Waals surface area contributed by atoms with Gasteiger partial charge in [-0.25, -0.2) is 19.4 Å². The molecular weight excluding hydrogens is 635 g/mol. The number of carbonyl (C=O) groups is 1. The average molecular weight is 670 g/mol. The van der Waals surface area contributed by atoms with Gasteiger partial charge in [0, 0.05) is 30.4 Å². The molecule has 3 atom stereocenters. The van der Waals surface area contributed by atoms with Crippen molar-refractivity contribution in [3.8, 4) is 11.7 Å². The number of alkyl halides is 3. The summed E-state index contributed by atoms with van der Waals surface area (Å²) in [6, 6.07) is 9.15. The molecule has 4 heterocycles. The van der Waals surface area contributed by atoms with E-state index in [0.717, 1.165) is 25.7 Å². The molecule has 1 amide bonds. The van der Waals surface area contributed by atoms with E-state index in [-0.39, 0.29) is 52.4 Å². The zero-order valence-corrected chi connectivity index (χ0v) is 26.3. The van der Waals surface area contributed by atoms with Gasteiger partial charge in [0.05, 0.1) is 18.1 Å². The van der Waals surface area contributed by atoms with Gasteiger partial charge in [-0.1, -0.05) is 17.7 Å². The molecule has 2 fully saturated rings. The van der Waals surface area contributed by atoms with Crippen LogP contribution in [0.1, 0.15) is 62.7 Å². The molecule has 0 bridgehead atoms. The molecule has 5 rings (SSSR count). The Kier molecular flexibility index (Phi) is 9.61. The zero-order valence-electron chi connectivity index (χ0n) is 24.8. The van der Waals surface area contributed by atoms with Crippen LogP contribution in [0.3, 0.4) is 0 Å². The summed E-state index contributed by atoms with van der Waals surface area (Å²) in [5.41, 5.74) is -0.0302. The van der Waals surface area contributed by atoms with Gasteiger partial charge in [-0.05, 0) is 82.6 Å². The van der Waals surface area contributed by atoms with Gasteiger partial charge in [0.2, 0.25) is 5.88 Å². The number of sulfonamides is 1. The second-order valence-electron chi connectivity index (χ2n) is 12.0. The second kappa shape index (κ2) is 13.1. The highest BCUT2D eigenvalue weighted by Crippen LogP contribution is 2.51. The van der Waals surface area contributed by atoms with Crippen LogP contribution in [0.15, 0.2) is 47.6 Å². The molecule has 45 heavy (non-hydrogen) atoms. The molecule has 1 aliphatic carbocycles. The number of nitrogens with one attached hydrogen (secondary N) is 3. The molecule has 3 unspecified atom stereocenters. The minimum Gasteiger partial charge on any atom is -0.477 e. The van der Waals surface area contributed by atoms with Crippen molar-refractivity contribution in [2.24, 2.45) is 11.8 Å². The molecular formula is C29H35ClF3N7O4S. The second-order valence-corrected chi connectivity index (χ2v) is 14.0. The zero-order chi connectivity index (χ0) is 32.4. The number of ether oxygens (including phenoxy) is 1. The third-order valence-corrected chi connectivity index (χ3v) is 9.45. The van der Waals surface area contributed by atoms with Crippen molar-refractivity contribution in [3.63, 3.8) is 0 Å². The van der Waals surface area contributed by atoms with Gasteiger partial charge < -0.3 is 15.4 Å². The fourth-order valence-electron chi connectivity index (χ4n) is 5.42. The highest BCUT2D eigenvalue weighted by Gasteiger charge is 2.55. The van der Waals surface area contributed by atoms with E-state index in [1.54, 1.807) is 6.07 Å². The quantitative estimate of drug-likeness (QED) is 0.167. The summed E-state index contributed by atoms with van der Waals surface area (Å²) < 4.78 is 72.7. The third-order valence-electron chi connectivity index (χ3n) is 7.93. The van der Waals surface area contributed by atoms with Crippen LogP contribution in [-0.2, 0) is 10.0 Å². The topological polar surface area (TPSA) is 140 Å². The van der Waals surface area contributed by atoms with Crippen LogP contribution in [0.2, 0.25) is 5.15 Å². The molecule has 11 nitrogen and oxygen atoms in total. The Morgan fingerprint density at radius 3 is 2.67 bits per heavy atom. The van der Waals surface area contributed by atoms with Crippen LogP contribution >= 0.6 is 11.6 Å². The lowest BCUT2D eigenvalue weighted by molar-refractivity contribution is -0.151. The number of halogens is 4. The van der Waals surface area contributed by atoms with Crippen molar-refractivity contribution in [3.05, 3.63) is 53.3 Å². The lowest BCUT2D eigenvalue weighted by atomic mass is 10.0. The molecule has 244 valence electrons. The standard InChI is InChI=1S/C29H35ClF3N7O4S/c1-28(2)13-10-19(37-28)5-4-14-34-22-6-3-7-25(35-22)45(42,43)39-27(41)20-8-9-23(36-26(20)30)40-15-11-24(38-40)44-16-12-18-17-21(18)29(31,32)33/h3,6-9,11,15,18-19,21,37H,4-5,10,12-14,16-17H2,1-2H3,(H,34,35)(H,39,41). The Balaban J connectivity index is 1.12. The molecule has 3 aromatic heterocycles. The van der Waals surface area contributed by atoms with Gasteiger partial charge in [-0.3, -0.25) is 4.79 Å². The molecule has 3 N–H and O–H groups in total. The molecule has 3 aromatic rings. The predicted octanol–water partition coefficient (Wildman–Crippen LogP) is 5.12. The fraction of sp³-hybridized carbons (Fsp3) is 0.517. The lowest BCUT2D eigenvalue weighted by Gasteiger charge is -2.20. The Morgan fingerprint density at radius 2 is 1.98 bits per heavy atom. The minimum atomic E-state index is -4.33. The molecule has 0 spiro atoms. The van der Waals surface area contributed by atoms with Crippen LogP contribution in [0.4, 0.5) is 19.0 Å². The van der Waals surface area contributed by atoms with Gasteiger partial charge >= 0.3 is 6.18 Å². The number of nitrogens with zero attached hydrogens (tertiary/aromatic N) is 4. The monoisotopic (exact) mass is 669 g/mol. The highest BCUT2D eigenvalue weighted by molar-refractivity contribution is 7.90. The van der Waals surface area contributed by atoms with E-state index in [4.69, 9.17) is 16.3 Å². The maximum Gasteiger partial charge on any atom is 0.392 e. The largest absolute Gasteiger partial charge is 0.477 e. The van der Waals surface area contributed by atoms with Crippen LogP contribution in [0.5, 0.6) is 5.88 Å². The highest BCUT2D eigenvalue weighted by atomic mass is 35.5. The molecule has 1 saturated heterocycles. The SMILES string of the molecule is CC1(C)CCC(CCCNc2cccc(S(=O)(=O)NC(=O)c3ccc(-n4ccc(OCCC5CC5C(F)(F)F)n4)nc3Cl)n2)N1. The Bertz CT molecular complexity index is 1630. The van der Waals surface area contributed by atoms with Crippen LogP contribution in [-0.4, -0.2) is 65.0 Å². The first-order valence-corrected chi connectivity index (χ1v) is 16.5. The number of hydrogen-bond acceptors (Lipinski definition) is 9. The number of carbonyl (C=O) groups excluding carboxylic acids is 1. The van der Waals surface area contributed by atoms with Gasteiger partial charge in [-0.2, -0.15) is 21.6 Å². The summed E-state index contributed by atoms with van der Waals surface area (Å²) in [6.07, 6.45) is 1.84. The number of pyridine rings is 2. The molecule has 0 radical (unpaired) electrons. The molecule has 2 aliphatic rings. The first kappa shape index (κ1) is 32.9. The molecule has 0 aromatic carbocycles. The minimum absolute atomic E-state index is 0.0839. The molecule has 1 saturated carbocycles. The summed E-state index contributed by atoms with van der Waals surface area (Å²) in [5.74, 6) is -1.93. The molecule has 1 aliphatic heterocycles. The van der Waals surface area contributed by atoms with Crippen LogP contribution in [0, 0.1) is 11.8 Å². The number of anilines is 1. The van der Waals surface area contributed by atoms with Crippen molar-refractivity contribution in [1.82, 2.24) is 29.8 Å². The molecule has 16 heteroatoms. The first-order valence-electron chi connectivity index (χ1n) is 14.7. The number of aromatic nitrogens is 4. The number of hydrogen-bond donors (Lipinski definition) is 3. The van der Waals surface area contributed by atoms with Crippen molar-refractivity contribution < 1.29 is 31.1 Å². The lowest BCUT2D eigenvalue weighted by Crippen LogP contribution is -2.37.